The molecule has 0 aromatic heterocycles. The lowest BCUT2D eigenvalue weighted by Gasteiger charge is -2.11. The lowest BCUT2D eigenvalue weighted by molar-refractivity contribution is -0.115. The zero-order valence-electron chi connectivity index (χ0n) is 15.2. The number of carboxylic acid groups (broad SMARTS) is 1. The molecule has 0 aliphatic heterocycles. The number of amides is 2. The summed E-state index contributed by atoms with van der Waals surface area (Å²) in [6, 6.07) is 19.9. The topological polar surface area (TPSA) is 95.5 Å². The number of nitrogens with one attached hydrogen (secondary N) is 2. The Labute approximate surface area is 172 Å². The normalized spacial score (nSPS) is 10.2. The Morgan fingerprint density at radius 3 is 2.21 bits per heavy atom. The first-order chi connectivity index (χ1) is 13.9. The van der Waals surface area contributed by atoms with Gasteiger partial charge in [0.1, 0.15) is 0 Å². The molecule has 6 nitrogen and oxygen atoms in total. The highest BCUT2D eigenvalue weighted by Crippen LogP contribution is 2.23. The Morgan fingerprint density at radius 1 is 0.828 bits per heavy atom. The molecule has 0 saturated carbocycles. The number of hydrogen-bond acceptors (Lipinski definition) is 3. The summed E-state index contributed by atoms with van der Waals surface area (Å²) >= 11 is 6.21. The van der Waals surface area contributed by atoms with E-state index in [2.05, 4.69) is 10.6 Å². The van der Waals surface area contributed by atoms with Crippen LogP contribution in [0, 0.1) is 0 Å². The highest BCUT2D eigenvalue weighted by Gasteiger charge is 2.16. The Bertz CT molecular complexity index is 1070. The number of carbonyl (C=O) groups is 3. The third-order valence-corrected chi connectivity index (χ3v) is 4.42. The van der Waals surface area contributed by atoms with Gasteiger partial charge in [0.2, 0.25) is 5.91 Å². The minimum atomic E-state index is -1.15. The van der Waals surface area contributed by atoms with Gasteiger partial charge in [-0.05, 0) is 35.9 Å². The monoisotopic (exact) mass is 408 g/mol. The number of rotatable bonds is 6. The van der Waals surface area contributed by atoms with Crippen LogP contribution < -0.4 is 10.6 Å². The number of carboxylic acids is 1. The van der Waals surface area contributed by atoms with Crippen molar-refractivity contribution < 1.29 is 19.5 Å². The van der Waals surface area contributed by atoms with Crippen LogP contribution in [0.15, 0.2) is 72.8 Å². The number of carbonyl (C=O) groups excluding carboxylic acids is 2. The molecule has 29 heavy (non-hydrogen) atoms. The molecule has 0 radical (unpaired) electrons. The largest absolute Gasteiger partial charge is 0.478 e. The minimum absolute atomic E-state index is 0.0261. The van der Waals surface area contributed by atoms with Crippen molar-refractivity contribution in [2.24, 2.45) is 0 Å². The molecule has 3 aromatic rings. The molecule has 7 heteroatoms. The second-order valence-electron chi connectivity index (χ2n) is 6.21. The maximum absolute atomic E-state index is 12.5. The number of halogens is 1. The minimum Gasteiger partial charge on any atom is -0.478 e. The summed E-state index contributed by atoms with van der Waals surface area (Å²) in [5.41, 5.74) is 1.64. The second kappa shape index (κ2) is 9.03. The van der Waals surface area contributed by atoms with Crippen LogP contribution in [-0.4, -0.2) is 22.9 Å². The maximum Gasteiger partial charge on any atom is 0.337 e. The van der Waals surface area contributed by atoms with Crippen molar-refractivity contribution in [3.63, 3.8) is 0 Å². The average molecular weight is 409 g/mol. The molecule has 3 N–H and O–H groups in total. The molecule has 0 saturated heterocycles. The number of para-hydroxylation sites is 1. The zero-order chi connectivity index (χ0) is 20.8. The van der Waals surface area contributed by atoms with E-state index in [1.54, 1.807) is 18.2 Å². The van der Waals surface area contributed by atoms with Gasteiger partial charge in [0.05, 0.1) is 28.3 Å². The van der Waals surface area contributed by atoms with Gasteiger partial charge in [-0.1, -0.05) is 54.1 Å². The number of anilines is 2. The van der Waals surface area contributed by atoms with E-state index in [1.807, 2.05) is 30.3 Å². The molecule has 0 atom stereocenters. The third-order valence-electron chi connectivity index (χ3n) is 4.11. The number of hydrogen-bond donors (Lipinski definition) is 3. The number of benzene rings is 3. The van der Waals surface area contributed by atoms with Gasteiger partial charge in [-0.25, -0.2) is 4.79 Å². The summed E-state index contributed by atoms with van der Waals surface area (Å²) in [4.78, 5) is 35.9. The first-order valence-electron chi connectivity index (χ1n) is 8.71. The predicted octanol–water partition coefficient (Wildman–Crippen LogP) is 4.47. The summed E-state index contributed by atoms with van der Waals surface area (Å²) < 4.78 is 0. The van der Waals surface area contributed by atoms with Crippen molar-refractivity contribution in [2.75, 3.05) is 10.6 Å². The van der Waals surface area contributed by atoms with Gasteiger partial charge in [-0.3, -0.25) is 9.59 Å². The molecule has 0 heterocycles. The maximum atomic E-state index is 12.5. The molecule has 0 aliphatic rings. The van der Waals surface area contributed by atoms with E-state index < -0.39 is 11.9 Å². The van der Waals surface area contributed by atoms with Gasteiger partial charge in [0.15, 0.2) is 0 Å². The quantitative estimate of drug-likeness (QED) is 0.560. The van der Waals surface area contributed by atoms with E-state index in [0.29, 0.717) is 5.69 Å². The van der Waals surface area contributed by atoms with E-state index in [0.717, 1.165) is 5.56 Å². The van der Waals surface area contributed by atoms with Gasteiger partial charge in [0, 0.05) is 5.69 Å². The standard InChI is InChI=1S/C22H17ClN2O4/c23-18-13-15(24-20(26)12-14-6-2-1-3-7-14)10-11-16(18)21(27)25-19-9-5-4-8-17(19)22(28)29/h1-11,13H,12H2,(H,24,26)(H,25,27)(H,28,29). The average Bonchev–Trinajstić information content (AvgIpc) is 2.69. The van der Waals surface area contributed by atoms with E-state index in [9.17, 15) is 19.5 Å². The van der Waals surface area contributed by atoms with Crippen LogP contribution >= 0.6 is 11.6 Å². The molecule has 0 bridgehead atoms. The fourth-order valence-corrected chi connectivity index (χ4v) is 3.00. The Kier molecular flexibility index (Phi) is 6.26. The molecule has 0 fully saturated rings. The highest BCUT2D eigenvalue weighted by atomic mass is 35.5. The Morgan fingerprint density at radius 2 is 1.52 bits per heavy atom. The predicted molar refractivity (Wildman–Crippen MR) is 112 cm³/mol. The molecule has 0 unspecified atom stereocenters. The Hall–Kier alpha value is -3.64. The van der Waals surface area contributed by atoms with Crippen molar-refractivity contribution >= 4 is 40.8 Å². The van der Waals surface area contributed by atoms with Crippen LogP contribution in [0.1, 0.15) is 26.3 Å². The molecule has 0 aliphatic carbocycles. The van der Waals surface area contributed by atoms with E-state index >= 15 is 0 Å². The van der Waals surface area contributed by atoms with Gasteiger partial charge >= 0.3 is 5.97 Å². The van der Waals surface area contributed by atoms with Crippen molar-refractivity contribution in [3.05, 3.63) is 94.5 Å². The molecule has 0 spiro atoms. The van der Waals surface area contributed by atoms with Crippen LogP contribution in [0.3, 0.4) is 0 Å². The summed E-state index contributed by atoms with van der Waals surface area (Å²) in [5, 5.41) is 14.6. The molecule has 3 rings (SSSR count). The van der Waals surface area contributed by atoms with Gasteiger partial charge in [-0.15, -0.1) is 0 Å². The van der Waals surface area contributed by atoms with Gasteiger partial charge in [0.25, 0.3) is 5.91 Å². The van der Waals surface area contributed by atoms with Crippen LogP contribution in [0.4, 0.5) is 11.4 Å². The van der Waals surface area contributed by atoms with E-state index in [1.165, 1.54) is 24.3 Å². The fraction of sp³-hybridized carbons (Fsp3) is 0.0455. The summed E-state index contributed by atoms with van der Waals surface area (Å²) in [6.45, 7) is 0. The van der Waals surface area contributed by atoms with E-state index in [-0.39, 0.29) is 34.2 Å². The fourth-order valence-electron chi connectivity index (χ4n) is 2.73. The lowest BCUT2D eigenvalue weighted by Crippen LogP contribution is -2.16. The van der Waals surface area contributed by atoms with Crippen LogP contribution in [0.2, 0.25) is 5.02 Å². The van der Waals surface area contributed by atoms with Crippen molar-refractivity contribution in [2.45, 2.75) is 6.42 Å². The summed E-state index contributed by atoms with van der Waals surface area (Å²) in [5.74, 6) is -1.91. The van der Waals surface area contributed by atoms with Crippen LogP contribution in [0.5, 0.6) is 0 Å². The van der Waals surface area contributed by atoms with Crippen molar-refractivity contribution in [1.29, 1.82) is 0 Å². The second-order valence-corrected chi connectivity index (χ2v) is 6.62. The molecular formula is C22H17ClN2O4. The summed E-state index contributed by atoms with van der Waals surface area (Å²) in [7, 11) is 0. The van der Waals surface area contributed by atoms with Crippen LogP contribution in [0.25, 0.3) is 0 Å². The molecule has 3 aromatic carbocycles. The third kappa shape index (κ3) is 5.21. The highest BCUT2D eigenvalue weighted by molar-refractivity contribution is 6.34. The van der Waals surface area contributed by atoms with Gasteiger partial charge in [-0.2, -0.15) is 0 Å². The number of aromatic carboxylic acids is 1. The van der Waals surface area contributed by atoms with Crippen LogP contribution in [-0.2, 0) is 11.2 Å². The zero-order valence-corrected chi connectivity index (χ0v) is 15.9. The summed E-state index contributed by atoms with van der Waals surface area (Å²) in [6.07, 6.45) is 0.215. The molecular weight excluding hydrogens is 392 g/mol. The molecule has 146 valence electrons. The molecule has 2 amide bonds. The van der Waals surface area contributed by atoms with Crippen molar-refractivity contribution in [3.8, 4) is 0 Å². The first-order valence-corrected chi connectivity index (χ1v) is 9.09. The smallest absolute Gasteiger partial charge is 0.337 e. The SMILES string of the molecule is O=C(Cc1ccccc1)Nc1ccc(C(=O)Nc2ccccc2C(=O)O)c(Cl)c1. The lowest BCUT2D eigenvalue weighted by atomic mass is 10.1. The van der Waals surface area contributed by atoms with Crippen molar-refractivity contribution in [1.82, 2.24) is 0 Å². The Balaban J connectivity index is 1.70. The van der Waals surface area contributed by atoms with E-state index in [4.69, 9.17) is 11.6 Å². The first kappa shape index (κ1) is 20.1. The van der Waals surface area contributed by atoms with Gasteiger partial charge < -0.3 is 15.7 Å².